The number of nitrogens with one attached hydrogen (secondary N) is 1. The van der Waals surface area contributed by atoms with Gasteiger partial charge in [0.25, 0.3) is 0 Å². The van der Waals surface area contributed by atoms with E-state index in [9.17, 15) is 0 Å². The standard InChI is InChI=1S/C21H27N5O2/c1-16-12-17-14-18(13-16)28-10-3-6-25(9-11-27-2)8-5-22-20-4-7-26-21(24-20)19(17)15-23-26/h4,7,12-15H,3,5-6,8-11H2,1-2H3,(H,22,24). The average molecular weight is 381 g/mol. The highest BCUT2D eigenvalue weighted by Gasteiger charge is 2.12. The molecule has 1 aliphatic heterocycles. The Labute approximate surface area is 165 Å². The lowest BCUT2D eigenvalue weighted by atomic mass is 10.1. The Morgan fingerprint density at radius 3 is 3.07 bits per heavy atom. The van der Waals surface area contributed by atoms with Crippen molar-refractivity contribution in [3.8, 4) is 16.9 Å². The van der Waals surface area contributed by atoms with Gasteiger partial charge in [0.15, 0.2) is 5.65 Å². The molecule has 0 radical (unpaired) electrons. The number of ether oxygens (including phenoxy) is 2. The number of hydrogen-bond acceptors (Lipinski definition) is 6. The van der Waals surface area contributed by atoms with Crippen LogP contribution in [0.3, 0.4) is 0 Å². The summed E-state index contributed by atoms with van der Waals surface area (Å²) >= 11 is 0. The smallest absolute Gasteiger partial charge is 0.165 e. The van der Waals surface area contributed by atoms with E-state index in [0.29, 0.717) is 6.61 Å². The first-order chi connectivity index (χ1) is 13.7. The Hall–Kier alpha value is -2.64. The van der Waals surface area contributed by atoms with Crippen molar-refractivity contribution in [2.24, 2.45) is 0 Å². The van der Waals surface area contributed by atoms with E-state index in [1.165, 1.54) is 0 Å². The number of fused-ring (bicyclic) bond motifs is 4. The first-order valence-corrected chi connectivity index (χ1v) is 9.77. The average Bonchev–Trinajstić information content (AvgIpc) is 3.11. The maximum absolute atomic E-state index is 6.06. The van der Waals surface area contributed by atoms with Crippen molar-refractivity contribution in [3.05, 3.63) is 42.2 Å². The van der Waals surface area contributed by atoms with E-state index in [4.69, 9.17) is 14.5 Å². The lowest BCUT2D eigenvalue weighted by Crippen LogP contribution is -2.33. The third-order valence-electron chi connectivity index (χ3n) is 4.96. The number of rotatable bonds is 3. The number of anilines is 1. The number of aryl methyl sites for hydroxylation is 1. The molecule has 0 atom stereocenters. The SMILES string of the molecule is COCCN1CCCOc2cc(C)cc(c2)-c2cnn3ccc(nc23)NCC1. The predicted molar refractivity (Wildman–Crippen MR) is 110 cm³/mol. The van der Waals surface area contributed by atoms with Crippen molar-refractivity contribution >= 4 is 11.5 Å². The molecule has 3 aromatic rings. The summed E-state index contributed by atoms with van der Waals surface area (Å²) in [6, 6.07) is 8.27. The molecular formula is C21H27N5O2. The minimum atomic E-state index is 0.690. The number of methoxy groups -OCH3 is 1. The van der Waals surface area contributed by atoms with Gasteiger partial charge >= 0.3 is 0 Å². The Morgan fingerprint density at radius 1 is 1.25 bits per heavy atom. The van der Waals surface area contributed by atoms with Crippen molar-refractivity contribution in [2.75, 3.05) is 51.8 Å². The van der Waals surface area contributed by atoms with Gasteiger partial charge in [-0.05, 0) is 42.7 Å². The van der Waals surface area contributed by atoms with Gasteiger partial charge in [0.05, 0.1) is 19.4 Å². The van der Waals surface area contributed by atoms with Crippen molar-refractivity contribution in [2.45, 2.75) is 13.3 Å². The molecule has 7 heteroatoms. The normalized spacial score (nSPS) is 15.6. The molecule has 4 rings (SSSR count). The van der Waals surface area contributed by atoms with Crippen LogP contribution in [-0.2, 0) is 4.74 Å². The van der Waals surface area contributed by atoms with Gasteiger partial charge in [-0.15, -0.1) is 0 Å². The molecule has 0 aliphatic carbocycles. The molecule has 7 nitrogen and oxygen atoms in total. The Kier molecular flexibility index (Phi) is 5.73. The highest BCUT2D eigenvalue weighted by atomic mass is 16.5. The van der Waals surface area contributed by atoms with E-state index < -0.39 is 0 Å². The van der Waals surface area contributed by atoms with E-state index in [1.54, 1.807) is 7.11 Å². The topological polar surface area (TPSA) is 63.9 Å². The zero-order valence-corrected chi connectivity index (χ0v) is 16.5. The molecule has 2 aromatic heterocycles. The van der Waals surface area contributed by atoms with Gasteiger partial charge in [0.2, 0.25) is 0 Å². The van der Waals surface area contributed by atoms with E-state index in [0.717, 1.165) is 73.1 Å². The van der Waals surface area contributed by atoms with Crippen LogP contribution >= 0.6 is 0 Å². The summed E-state index contributed by atoms with van der Waals surface area (Å²) in [6.07, 6.45) is 4.79. The van der Waals surface area contributed by atoms with Crippen LogP contribution in [0.25, 0.3) is 16.8 Å². The first-order valence-electron chi connectivity index (χ1n) is 9.77. The summed E-state index contributed by atoms with van der Waals surface area (Å²) in [4.78, 5) is 7.20. The van der Waals surface area contributed by atoms with Crippen molar-refractivity contribution in [1.82, 2.24) is 19.5 Å². The third-order valence-corrected chi connectivity index (χ3v) is 4.96. The molecule has 1 N–H and O–H groups in total. The summed E-state index contributed by atoms with van der Waals surface area (Å²) in [6.45, 7) is 7.14. The van der Waals surface area contributed by atoms with E-state index in [1.807, 2.05) is 23.0 Å². The highest BCUT2D eigenvalue weighted by Crippen LogP contribution is 2.29. The molecule has 28 heavy (non-hydrogen) atoms. The fraction of sp³-hybridized carbons (Fsp3) is 0.429. The number of aromatic nitrogens is 3. The molecule has 1 aromatic carbocycles. The van der Waals surface area contributed by atoms with E-state index in [2.05, 4.69) is 40.4 Å². The summed E-state index contributed by atoms with van der Waals surface area (Å²) in [7, 11) is 1.74. The van der Waals surface area contributed by atoms with Gasteiger partial charge in [-0.2, -0.15) is 5.10 Å². The number of benzene rings is 1. The minimum absolute atomic E-state index is 0.690. The van der Waals surface area contributed by atoms with Gasteiger partial charge in [0.1, 0.15) is 11.6 Å². The molecule has 0 spiro atoms. The Morgan fingerprint density at radius 2 is 2.18 bits per heavy atom. The quantitative estimate of drug-likeness (QED) is 0.753. The lowest BCUT2D eigenvalue weighted by molar-refractivity contribution is 0.145. The molecule has 1 aliphatic rings. The first kappa shape index (κ1) is 18.7. The van der Waals surface area contributed by atoms with E-state index in [-0.39, 0.29) is 0 Å². The monoisotopic (exact) mass is 381 g/mol. The third kappa shape index (κ3) is 4.26. The number of hydrogen-bond donors (Lipinski definition) is 1. The fourth-order valence-electron chi connectivity index (χ4n) is 3.53. The zero-order chi connectivity index (χ0) is 19.3. The zero-order valence-electron chi connectivity index (χ0n) is 16.5. The molecular weight excluding hydrogens is 354 g/mol. The fourth-order valence-corrected chi connectivity index (χ4v) is 3.53. The molecule has 4 bridgehead atoms. The van der Waals surface area contributed by atoms with Crippen molar-refractivity contribution in [3.63, 3.8) is 0 Å². The lowest BCUT2D eigenvalue weighted by Gasteiger charge is -2.22. The number of nitrogens with zero attached hydrogens (tertiary/aromatic N) is 4. The molecule has 0 saturated carbocycles. The van der Waals surface area contributed by atoms with Crippen LogP contribution in [0, 0.1) is 6.92 Å². The van der Waals surface area contributed by atoms with Crippen molar-refractivity contribution < 1.29 is 9.47 Å². The molecule has 148 valence electrons. The predicted octanol–water partition coefficient (Wildman–Crippen LogP) is 2.85. The van der Waals surface area contributed by atoms with Gasteiger partial charge < -0.3 is 14.8 Å². The summed E-state index contributed by atoms with van der Waals surface area (Å²) in [5.74, 6) is 1.75. The second-order valence-electron chi connectivity index (χ2n) is 7.14. The van der Waals surface area contributed by atoms with Crippen LogP contribution in [-0.4, -0.2) is 66.0 Å². The second kappa shape index (κ2) is 8.58. The second-order valence-corrected chi connectivity index (χ2v) is 7.14. The summed E-state index contributed by atoms with van der Waals surface area (Å²) < 4.78 is 13.1. The van der Waals surface area contributed by atoms with Crippen molar-refractivity contribution in [1.29, 1.82) is 0 Å². The molecule has 0 amide bonds. The van der Waals surface area contributed by atoms with Crippen LogP contribution in [0.15, 0.2) is 36.7 Å². The van der Waals surface area contributed by atoms with Gasteiger partial charge in [-0.25, -0.2) is 9.50 Å². The van der Waals surface area contributed by atoms with Gasteiger partial charge in [-0.3, -0.25) is 4.90 Å². The highest BCUT2D eigenvalue weighted by molar-refractivity contribution is 5.78. The summed E-state index contributed by atoms with van der Waals surface area (Å²) in [5.41, 5.74) is 4.08. The van der Waals surface area contributed by atoms with Crippen LogP contribution in [0.2, 0.25) is 0 Å². The van der Waals surface area contributed by atoms with Gasteiger partial charge in [0, 0.05) is 45.0 Å². The minimum Gasteiger partial charge on any atom is -0.494 e. The van der Waals surface area contributed by atoms with Gasteiger partial charge in [-0.1, -0.05) is 6.07 Å². The molecule has 0 unspecified atom stereocenters. The maximum atomic E-state index is 6.06. The molecule has 0 saturated heterocycles. The maximum Gasteiger partial charge on any atom is 0.165 e. The molecule has 0 fully saturated rings. The van der Waals surface area contributed by atoms with Crippen LogP contribution in [0.1, 0.15) is 12.0 Å². The Balaban J connectivity index is 1.68. The summed E-state index contributed by atoms with van der Waals surface area (Å²) in [5, 5.41) is 7.91. The largest absolute Gasteiger partial charge is 0.494 e. The van der Waals surface area contributed by atoms with E-state index >= 15 is 0 Å². The van der Waals surface area contributed by atoms with Crippen LogP contribution < -0.4 is 10.1 Å². The Bertz CT molecular complexity index is 940. The molecule has 3 heterocycles. The van der Waals surface area contributed by atoms with Crippen LogP contribution in [0.4, 0.5) is 5.82 Å². The van der Waals surface area contributed by atoms with Crippen LogP contribution in [0.5, 0.6) is 5.75 Å².